The van der Waals surface area contributed by atoms with E-state index in [2.05, 4.69) is 15.6 Å². The summed E-state index contributed by atoms with van der Waals surface area (Å²) in [5, 5.41) is 5.73. The van der Waals surface area contributed by atoms with Crippen LogP contribution in [0.1, 0.15) is 22.3 Å². The second-order valence-electron chi connectivity index (χ2n) is 6.47. The summed E-state index contributed by atoms with van der Waals surface area (Å²) in [5.41, 5.74) is 0.353. The first-order valence-corrected chi connectivity index (χ1v) is 10.6. The predicted octanol–water partition coefficient (Wildman–Crippen LogP) is 3.25. The number of guanidine groups is 1. The first kappa shape index (κ1) is 22.7. The van der Waals surface area contributed by atoms with Gasteiger partial charge in [-0.1, -0.05) is 30.3 Å². The highest BCUT2D eigenvalue weighted by Crippen LogP contribution is 2.32. The van der Waals surface area contributed by atoms with Gasteiger partial charge in [0.2, 0.25) is 0 Å². The molecule has 2 rings (SSSR count). The second kappa shape index (κ2) is 9.25. The number of nitrogens with zero attached hydrogens (tertiary/aromatic N) is 1. The van der Waals surface area contributed by atoms with Crippen LogP contribution < -0.4 is 10.6 Å². The van der Waals surface area contributed by atoms with Gasteiger partial charge in [-0.15, -0.1) is 0 Å². The molecule has 0 radical (unpaired) electrons. The van der Waals surface area contributed by atoms with Gasteiger partial charge in [-0.05, 0) is 28.8 Å². The van der Waals surface area contributed by atoms with Crippen LogP contribution in [-0.4, -0.2) is 27.7 Å². The van der Waals surface area contributed by atoms with E-state index >= 15 is 0 Å². The normalized spacial score (nSPS) is 12.7. The predicted molar refractivity (Wildman–Crippen MR) is 103 cm³/mol. The maximum atomic E-state index is 13.2. The van der Waals surface area contributed by atoms with E-state index in [9.17, 15) is 26.0 Å². The topological polar surface area (TPSA) is 70.6 Å². The zero-order chi connectivity index (χ0) is 21.7. The molecule has 0 saturated heterocycles. The third kappa shape index (κ3) is 7.37. The summed E-state index contributed by atoms with van der Waals surface area (Å²) in [6, 6.07) is 9.42. The van der Waals surface area contributed by atoms with Crippen molar-refractivity contribution in [2.45, 2.75) is 25.0 Å². The monoisotopic (exact) mass is 431 g/mol. The minimum atomic E-state index is -4.66. The van der Waals surface area contributed by atoms with Gasteiger partial charge < -0.3 is 10.6 Å². The molecule has 0 bridgehead atoms. The highest BCUT2D eigenvalue weighted by atomic mass is 32.2. The number of sulfone groups is 1. The molecule has 158 valence electrons. The van der Waals surface area contributed by atoms with Gasteiger partial charge in [-0.2, -0.15) is 13.2 Å². The summed E-state index contributed by atoms with van der Waals surface area (Å²) >= 11 is 0. The Balaban J connectivity index is 1.97. The van der Waals surface area contributed by atoms with Crippen molar-refractivity contribution in [3.05, 3.63) is 70.5 Å². The van der Waals surface area contributed by atoms with Gasteiger partial charge in [0, 0.05) is 26.4 Å². The third-order valence-corrected chi connectivity index (χ3v) is 4.82. The van der Waals surface area contributed by atoms with Crippen molar-refractivity contribution >= 4 is 15.8 Å². The summed E-state index contributed by atoms with van der Waals surface area (Å²) < 4.78 is 75.0. The Bertz CT molecular complexity index is 972. The molecule has 0 amide bonds. The Morgan fingerprint density at radius 1 is 1.00 bits per heavy atom. The smallest absolute Gasteiger partial charge is 0.352 e. The summed E-state index contributed by atoms with van der Waals surface area (Å²) in [5.74, 6) is -0.742. The highest BCUT2D eigenvalue weighted by Gasteiger charge is 2.33. The fourth-order valence-electron chi connectivity index (χ4n) is 2.61. The van der Waals surface area contributed by atoms with Gasteiger partial charge in [0.1, 0.15) is 5.82 Å². The summed E-state index contributed by atoms with van der Waals surface area (Å²) in [6.07, 6.45) is -3.51. The molecule has 10 heteroatoms. The number of hydrogen-bond acceptors (Lipinski definition) is 3. The van der Waals surface area contributed by atoms with Gasteiger partial charge in [-0.3, -0.25) is 4.99 Å². The number of rotatable bonds is 6. The third-order valence-electron chi connectivity index (χ3n) is 3.96. The lowest BCUT2D eigenvalue weighted by Gasteiger charge is -2.16. The van der Waals surface area contributed by atoms with Gasteiger partial charge in [0.05, 0.1) is 11.3 Å². The SMILES string of the molecule is CN=C(NCc1ccc(CS(C)(=O)=O)cc1)NCc1ccc(F)cc1C(F)(F)F. The Labute approximate surface area is 166 Å². The molecule has 0 heterocycles. The Morgan fingerprint density at radius 2 is 1.59 bits per heavy atom. The molecule has 0 unspecified atom stereocenters. The molecule has 0 aliphatic rings. The van der Waals surface area contributed by atoms with Crippen LogP contribution in [0.2, 0.25) is 0 Å². The lowest BCUT2D eigenvalue weighted by atomic mass is 10.1. The molecule has 0 aliphatic heterocycles. The van der Waals surface area contributed by atoms with Gasteiger partial charge in [0.25, 0.3) is 0 Å². The Morgan fingerprint density at radius 3 is 2.14 bits per heavy atom. The average Bonchev–Trinajstić information content (AvgIpc) is 2.62. The van der Waals surface area contributed by atoms with Crippen molar-refractivity contribution < 1.29 is 26.0 Å². The molecule has 0 saturated carbocycles. The van der Waals surface area contributed by atoms with Crippen LogP contribution in [0, 0.1) is 5.82 Å². The molecule has 2 aromatic rings. The van der Waals surface area contributed by atoms with Crippen LogP contribution in [0.4, 0.5) is 17.6 Å². The van der Waals surface area contributed by atoms with Crippen molar-refractivity contribution in [1.29, 1.82) is 0 Å². The molecule has 0 atom stereocenters. The van der Waals surface area contributed by atoms with Gasteiger partial charge in [-0.25, -0.2) is 12.8 Å². The van der Waals surface area contributed by atoms with E-state index in [4.69, 9.17) is 0 Å². The average molecular weight is 431 g/mol. The maximum absolute atomic E-state index is 13.2. The molecule has 0 aromatic heterocycles. The molecule has 0 spiro atoms. The van der Waals surface area contributed by atoms with E-state index in [1.807, 2.05) is 0 Å². The second-order valence-corrected chi connectivity index (χ2v) is 8.61. The largest absolute Gasteiger partial charge is 0.416 e. The van der Waals surface area contributed by atoms with Gasteiger partial charge >= 0.3 is 6.18 Å². The quantitative estimate of drug-likeness (QED) is 0.419. The summed E-state index contributed by atoms with van der Waals surface area (Å²) in [7, 11) is -1.65. The van der Waals surface area contributed by atoms with E-state index in [1.165, 1.54) is 7.05 Å². The van der Waals surface area contributed by atoms with E-state index in [1.54, 1.807) is 24.3 Å². The van der Waals surface area contributed by atoms with Gasteiger partial charge in [0.15, 0.2) is 15.8 Å². The number of nitrogens with one attached hydrogen (secondary N) is 2. The van der Waals surface area contributed by atoms with E-state index < -0.39 is 27.4 Å². The summed E-state index contributed by atoms with van der Waals surface area (Å²) in [4.78, 5) is 3.95. The molecule has 2 N–H and O–H groups in total. The number of benzene rings is 2. The fourth-order valence-corrected chi connectivity index (χ4v) is 3.41. The van der Waals surface area contributed by atoms with Crippen LogP contribution in [0.15, 0.2) is 47.5 Å². The first-order chi connectivity index (χ1) is 13.5. The summed E-state index contributed by atoms with van der Waals surface area (Å²) in [6.45, 7) is 0.135. The zero-order valence-electron chi connectivity index (χ0n) is 15.8. The van der Waals surface area contributed by atoms with Crippen LogP contribution in [0.5, 0.6) is 0 Å². The van der Waals surface area contributed by atoms with Crippen LogP contribution >= 0.6 is 0 Å². The highest BCUT2D eigenvalue weighted by molar-refractivity contribution is 7.89. The van der Waals surface area contributed by atoms with Crippen molar-refractivity contribution in [2.24, 2.45) is 4.99 Å². The number of alkyl halides is 3. The minimum Gasteiger partial charge on any atom is -0.352 e. The van der Waals surface area contributed by atoms with E-state index in [0.717, 1.165) is 24.0 Å². The fraction of sp³-hybridized carbons (Fsp3) is 0.316. The van der Waals surface area contributed by atoms with Crippen LogP contribution in [-0.2, 0) is 34.9 Å². The van der Waals surface area contributed by atoms with E-state index in [0.29, 0.717) is 18.2 Å². The zero-order valence-corrected chi connectivity index (χ0v) is 16.7. The minimum absolute atomic E-state index is 0.0524. The molecule has 0 aliphatic carbocycles. The van der Waals surface area contributed by atoms with Crippen molar-refractivity contribution in [3.8, 4) is 0 Å². The molecular formula is C19H21F4N3O2S. The first-order valence-electron chi connectivity index (χ1n) is 8.53. The number of hydrogen-bond donors (Lipinski definition) is 2. The maximum Gasteiger partial charge on any atom is 0.416 e. The molecule has 29 heavy (non-hydrogen) atoms. The Hall–Kier alpha value is -2.62. The van der Waals surface area contributed by atoms with Crippen molar-refractivity contribution in [1.82, 2.24) is 10.6 Å². The number of aliphatic imine (C=N–C) groups is 1. The standard InChI is InChI=1S/C19H21F4N3O2S/c1-24-18(25-10-13-3-5-14(6-4-13)12-29(2,27)28)26-11-15-7-8-16(20)9-17(15)19(21,22)23/h3-9H,10-12H2,1-2H3,(H2,24,25,26). The molecule has 0 fully saturated rings. The molecule has 2 aromatic carbocycles. The van der Waals surface area contributed by atoms with Crippen LogP contribution in [0.25, 0.3) is 0 Å². The molecular weight excluding hydrogens is 410 g/mol. The van der Waals surface area contributed by atoms with E-state index in [-0.39, 0.29) is 23.8 Å². The molecule has 5 nitrogen and oxygen atoms in total. The van der Waals surface area contributed by atoms with Crippen molar-refractivity contribution in [3.63, 3.8) is 0 Å². The number of halogens is 4. The lowest BCUT2D eigenvalue weighted by molar-refractivity contribution is -0.138. The van der Waals surface area contributed by atoms with Crippen molar-refractivity contribution in [2.75, 3.05) is 13.3 Å². The lowest BCUT2D eigenvalue weighted by Crippen LogP contribution is -2.36. The van der Waals surface area contributed by atoms with Crippen LogP contribution in [0.3, 0.4) is 0 Å². The Kier molecular flexibility index (Phi) is 7.23.